The molecule has 0 fully saturated rings. The number of rotatable bonds is 3. The van der Waals surface area contributed by atoms with E-state index in [1.165, 1.54) is 11.1 Å². The quantitative estimate of drug-likeness (QED) is 0.809. The first kappa shape index (κ1) is 11.3. The zero-order valence-corrected chi connectivity index (χ0v) is 10.2. The second kappa shape index (κ2) is 4.46. The van der Waals surface area contributed by atoms with E-state index in [2.05, 4.69) is 24.3 Å². The molecule has 2 aromatic carbocycles. The van der Waals surface area contributed by atoms with Crippen LogP contribution in [0.25, 0.3) is 0 Å². The number of hydrogen-bond donors (Lipinski definition) is 2. The molecule has 2 nitrogen and oxygen atoms in total. The Bertz CT molecular complexity index is 547. The van der Waals surface area contributed by atoms with Gasteiger partial charge in [0.25, 0.3) is 0 Å². The minimum Gasteiger partial charge on any atom is -0.399 e. The van der Waals surface area contributed by atoms with Crippen LogP contribution < -0.4 is 5.73 Å². The van der Waals surface area contributed by atoms with Crippen molar-refractivity contribution >= 4 is 5.69 Å². The van der Waals surface area contributed by atoms with Crippen molar-refractivity contribution in [2.24, 2.45) is 0 Å². The van der Waals surface area contributed by atoms with Crippen LogP contribution in [-0.4, -0.2) is 5.11 Å². The number of aliphatic hydroxyl groups is 1. The third-order valence-electron chi connectivity index (χ3n) is 3.79. The lowest BCUT2D eigenvalue weighted by Crippen LogP contribution is -2.19. The van der Waals surface area contributed by atoms with E-state index < -0.39 is 6.10 Å². The third kappa shape index (κ3) is 2.00. The smallest absolute Gasteiger partial charge is 0.0796 e. The Morgan fingerprint density at radius 3 is 2.56 bits per heavy atom. The normalized spacial score (nSPS) is 18.8. The Hall–Kier alpha value is -1.80. The Labute approximate surface area is 107 Å². The molecule has 0 aliphatic heterocycles. The molecule has 3 rings (SSSR count). The van der Waals surface area contributed by atoms with Gasteiger partial charge in [-0.3, -0.25) is 0 Å². The van der Waals surface area contributed by atoms with Gasteiger partial charge in [-0.05, 0) is 47.6 Å². The van der Waals surface area contributed by atoms with Crippen molar-refractivity contribution < 1.29 is 5.11 Å². The van der Waals surface area contributed by atoms with Gasteiger partial charge in [-0.15, -0.1) is 0 Å². The van der Waals surface area contributed by atoms with Crippen LogP contribution in [-0.2, 0) is 6.42 Å². The molecule has 0 saturated carbocycles. The summed E-state index contributed by atoms with van der Waals surface area (Å²) in [6.45, 7) is 0. The summed E-state index contributed by atoms with van der Waals surface area (Å²) in [5.74, 6) is 0.494. The van der Waals surface area contributed by atoms with Crippen LogP contribution in [0.5, 0.6) is 0 Å². The molecule has 3 N–H and O–H groups in total. The molecule has 0 saturated heterocycles. The van der Waals surface area contributed by atoms with Crippen molar-refractivity contribution in [1.29, 1.82) is 0 Å². The predicted molar refractivity (Wildman–Crippen MR) is 73.3 cm³/mol. The molecular weight excluding hydrogens is 222 g/mol. The summed E-state index contributed by atoms with van der Waals surface area (Å²) < 4.78 is 0. The summed E-state index contributed by atoms with van der Waals surface area (Å²) in [7, 11) is 0. The summed E-state index contributed by atoms with van der Waals surface area (Å²) in [4.78, 5) is 0. The van der Waals surface area contributed by atoms with Crippen LogP contribution >= 0.6 is 0 Å². The van der Waals surface area contributed by atoms with Crippen molar-refractivity contribution in [3.05, 3.63) is 65.2 Å². The van der Waals surface area contributed by atoms with Crippen molar-refractivity contribution in [1.82, 2.24) is 0 Å². The fourth-order valence-electron chi connectivity index (χ4n) is 2.70. The summed E-state index contributed by atoms with van der Waals surface area (Å²) >= 11 is 0. The van der Waals surface area contributed by atoms with Crippen LogP contribution in [0.2, 0.25) is 0 Å². The van der Waals surface area contributed by atoms with E-state index in [4.69, 9.17) is 5.73 Å². The zero-order chi connectivity index (χ0) is 12.5. The van der Waals surface area contributed by atoms with Crippen molar-refractivity contribution in [2.75, 3.05) is 5.73 Å². The van der Waals surface area contributed by atoms with Gasteiger partial charge in [0, 0.05) is 5.69 Å². The van der Waals surface area contributed by atoms with Crippen LogP contribution in [0.1, 0.15) is 35.1 Å². The number of nitrogens with two attached hydrogens (primary N) is 1. The van der Waals surface area contributed by atoms with Gasteiger partial charge in [0.2, 0.25) is 0 Å². The fraction of sp³-hybridized carbons (Fsp3) is 0.250. The molecule has 2 heteroatoms. The highest BCUT2D eigenvalue weighted by Crippen LogP contribution is 2.40. The highest BCUT2D eigenvalue weighted by molar-refractivity contribution is 5.42. The van der Waals surface area contributed by atoms with E-state index in [0.29, 0.717) is 5.92 Å². The van der Waals surface area contributed by atoms with E-state index in [1.807, 2.05) is 24.3 Å². The molecule has 0 amide bonds. The Kier molecular flexibility index (Phi) is 2.80. The van der Waals surface area contributed by atoms with E-state index in [1.54, 1.807) is 0 Å². The minimum absolute atomic E-state index is 0.399. The van der Waals surface area contributed by atoms with Gasteiger partial charge in [-0.1, -0.05) is 36.4 Å². The molecule has 0 spiro atoms. The monoisotopic (exact) mass is 239 g/mol. The first-order chi connectivity index (χ1) is 8.74. The molecule has 0 bridgehead atoms. The predicted octanol–water partition coefficient (Wildman–Crippen LogP) is 3.03. The van der Waals surface area contributed by atoms with Gasteiger partial charge in [-0.25, -0.2) is 0 Å². The summed E-state index contributed by atoms with van der Waals surface area (Å²) in [5, 5.41) is 10.2. The first-order valence-electron chi connectivity index (χ1n) is 6.35. The maximum Gasteiger partial charge on any atom is 0.0796 e. The van der Waals surface area contributed by atoms with Crippen LogP contribution in [0.4, 0.5) is 5.69 Å². The lowest BCUT2D eigenvalue weighted by molar-refractivity contribution is 0.153. The van der Waals surface area contributed by atoms with E-state index in [9.17, 15) is 5.11 Å². The zero-order valence-electron chi connectivity index (χ0n) is 10.2. The van der Waals surface area contributed by atoms with Crippen LogP contribution in [0, 0.1) is 0 Å². The molecule has 2 unspecified atom stereocenters. The summed E-state index contributed by atoms with van der Waals surface area (Å²) in [6.07, 6.45) is 1.48. The maximum atomic E-state index is 10.2. The van der Waals surface area contributed by atoms with Gasteiger partial charge in [0.05, 0.1) is 6.10 Å². The summed E-state index contributed by atoms with van der Waals surface area (Å²) in [5.41, 5.74) is 10.2. The van der Waals surface area contributed by atoms with Gasteiger partial charge < -0.3 is 10.8 Å². The van der Waals surface area contributed by atoms with Crippen molar-refractivity contribution in [2.45, 2.75) is 24.9 Å². The fourth-order valence-corrected chi connectivity index (χ4v) is 2.70. The topological polar surface area (TPSA) is 46.2 Å². The van der Waals surface area contributed by atoms with Gasteiger partial charge in [-0.2, -0.15) is 0 Å². The SMILES string of the molecule is Nc1ccc(C(O)CC2Cc3ccccc32)cc1. The maximum absolute atomic E-state index is 10.2. The molecule has 0 radical (unpaired) electrons. The second-order valence-corrected chi connectivity index (χ2v) is 5.02. The largest absolute Gasteiger partial charge is 0.399 e. The minimum atomic E-state index is -0.399. The second-order valence-electron chi connectivity index (χ2n) is 5.02. The van der Waals surface area contributed by atoms with E-state index in [-0.39, 0.29) is 0 Å². The molecule has 1 aliphatic carbocycles. The van der Waals surface area contributed by atoms with Gasteiger partial charge in [0.1, 0.15) is 0 Å². The molecule has 0 aromatic heterocycles. The molecule has 1 aliphatic rings. The number of nitrogen functional groups attached to an aromatic ring is 1. The third-order valence-corrected chi connectivity index (χ3v) is 3.79. The molecule has 2 aromatic rings. The van der Waals surface area contributed by atoms with Crippen molar-refractivity contribution in [3.8, 4) is 0 Å². The molecule has 2 atom stereocenters. The number of anilines is 1. The van der Waals surface area contributed by atoms with Gasteiger partial charge in [0.15, 0.2) is 0 Å². The molecule has 92 valence electrons. The Morgan fingerprint density at radius 2 is 1.83 bits per heavy atom. The summed E-state index contributed by atoms with van der Waals surface area (Å²) in [6, 6.07) is 16.0. The van der Waals surface area contributed by atoms with Gasteiger partial charge >= 0.3 is 0 Å². The average molecular weight is 239 g/mol. The lowest BCUT2D eigenvalue weighted by Gasteiger charge is -2.31. The average Bonchev–Trinajstić information content (AvgIpc) is 2.36. The number of benzene rings is 2. The number of fused-ring (bicyclic) bond motifs is 1. The highest BCUT2D eigenvalue weighted by Gasteiger charge is 2.27. The molecular formula is C16H17NO. The van der Waals surface area contributed by atoms with Crippen LogP contribution in [0.15, 0.2) is 48.5 Å². The standard InChI is InChI=1S/C16H17NO/c17-14-7-5-11(6-8-14)16(18)10-13-9-12-3-1-2-4-15(12)13/h1-8,13,16,18H,9-10,17H2. The highest BCUT2D eigenvalue weighted by atomic mass is 16.3. The van der Waals surface area contributed by atoms with E-state index in [0.717, 1.165) is 24.1 Å². The number of aliphatic hydroxyl groups excluding tert-OH is 1. The number of hydrogen-bond acceptors (Lipinski definition) is 2. The van der Waals surface area contributed by atoms with E-state index >= 15 is 0 Å². The molecule has 18 heavy (non-hydrogen) atoms. The lowest BCUT2D eigenvalue weighted by atomic mass is 9.74. The Balaban J connectivity index is 1.70. The van der Waals surface area contributed by atoms with Crippen LogP contribution in [0.3, 0.4) is 0 Å². The molecule has 0 heterocycles. The first-order valence-corrected chi connectivity index (χ1v) is 6.35. The Morgan fingerprint density at radius 1 is 1.11 bits per heavy atom. The van der Waals surface area contributed by atoms with Crippen molar-refractivity contribution in [3.63, 3.8) is 0 Å².